The largest absolute Gasteiger partial charge is 0.488 e. The molecule has 3 amide bonds. The van der Waals surface area contributed by atoms with Gasteiger partial charge in [0.1, 0.15) is 17.9 Å². The SMILES string of the molecule is N#CC1(c2ccc(OC3CCOC3)cc2)CCN(CCCCCc2cccc3c2CN(C2CCC(=O)NC2=O)C3=O)CC1. The van der Waals surface area contributed by atoms with E-state index in [-0.39, 0.29) is 30.2 Å². The predicted molar refractivity (Wildman–Crippen MR) is 159 cm³/mol. The van der Waals surface area contributed by atoms with Gasteiger partial charge in [-0.3, -0.25) is 19.7 Å². The van der Waals surface area contributed by atoms with Gasteiger partial charge in [-0.2, -0.15) is 5.26 Å². The van der Waals surface area contributed by atoms with Crippen LogP contribution in [-0.2, 0) is 32.7 Å². The van der Waals surface area contributed by atoms with Crippen molar-refractivity contribution >= 4 is 17.7 Å². The minimum atomic E-state index is -0.583. The summed E-state index contributed by atoms with van der Waals surface area (Å²) in [5.74, 6) is 0.0739. The van der Waals surface area contributed by atoms with Gasteiger partial charge in [0.25, 0.3) is 5.91 Å². The molecule has 0 aliphatic carbocycles. The van der Waals surface area contributed by atoms with E-state index in [2.05, 4.69) is 34.5 Å². The molecule has 3 saturated heterocycles. The average molecular weight is 585 g/mol. The summed E-state index contributed by atoms with van der Waals surface area (Å²) < 4.78 is 11.4. The maximum Gasteiger partial charge on any atom is 0.255 e. The van der Waals surface area contributed by atoms with E-state index >= 15 is 0 Å². The molecule has 2 atom stereocenters. The summed E-state index contributed by atoms with van der Waals surface area (Å²) in [5.41, 5.74) is 3.51. The van der Waals surface area contributed by atoms with Crippen LogP contribution in [0.2, 0.25) is 0 Å². The zero-order chi connectivity index (χ0) is 29.8. The van der Waals surface area contributed by atoms with Crippen molar-refractivity contribution in [3.05, 3.63) is 64.7 Å². The molecule has 1 N–H and O–H groups in total. The first-order valence-electron chi connectivity index (χ1n) is 15.7. The number of nitrogens with zero attached hydrogens (tertiary/aromatic N) is 3. The van der Waals surface area contributed by atoms with E-state index in [4.69, 9.17) is 9.47 Å². The smallest absolute Gasteiger partial charge is 0.255 e. The molecule has 2 aromatic rings. The molecule has 4 aliphatic heterocycles. The van der Waals surface area contributed by atoms with Gasteiger partial charge in [0, 0.05) is 24.9 Å². The number of likely N-dealkylation sites (tertiary alicyclic amines) is 1. The summed E-state index contributed by atoms with van der Waals surface area (Å²) in [6.07, 6.45) is 7.43. The summed E-state index contributed by atoms with van der Waals surface area (Å²) in [6.45, 7) is 4.66. The highest BCUT2D eigenvalue weighted by atomic mass is 16.5. The third-order valence-corrected chi connectivity index (χ3v) is 9.62. The van der Waals surface area contributed by atoms with E-state index in [9.17, 15) is 19.6 Å². The van der Waals surface area contributed by atoms with E-state index in [1.54, 1.807) is 4.90 Å². The quantitative estimate of drug-likeness (QED) is 0.333. The van der Waals surface area contributed by atoms with Gasteiger partial charge in [0.15, 0.2) is 0 Å². The highest BCUT2D eigenvalue weighted by Gasteiger charge is 2.40. The Morgan fingerprint density at radius 1 is 1.02 bits per heavy atom. The number of aryl methyl sites for hydroxylation is 1. The van der Waals surface area contributed by atoms with Gasteiger partial charge >= 0.3 is 0 Å². The van der Waals surface area contributed by atoms with Gasteiger partial charge in [0.2, 0.25) is 11.8 Å². The lowest BCUT2D eigenvalue weighted by Gasteiger charge is -2.37. The zero-order valence-corrected chi connectivity index (χ0v) is 24.7. The summed E-state index contributed by atoms with van der Waals surface area (Å²) in [7, 11) is 0. The van der Waals surface area contributed by atoms with Crippen LogP contribution in [0.3, 0.4) is 0 Å². The molecule has 0 spiro atoms. The van der Waals surface area contributed by atoms with Gasteiger partial charge in [-0.15, -0.1) is 0 Å². The molecule has 0 bridgehead atoms. The fraction of sp³-hybridized carbons (Fsp3) is 0.529. The minimum Gasteiger partial charge on any atom is -0.488 e. The molecule has 226 valence electrons. The van der Waals surface area contributed by atoms with Crippen molar-refractivity contribution in [1.29, 1.82) is 5.26 Å². The summed E-state index contributed by atoms with van der Waals surface area (Å²) >= 11 is 0. The molecule has 9 heteroatoms. The first-order chi connectivity index (χ1) is 21.0. The van der Waals surface area contributed by atoms with Crippen LogP contribution in [0.15, 0.2) is 42.5 Å². The highest BCUT2D eigenvalue weighted by Crippen LogP contribution is 2.36. The molecule has 43 heavy (non-hydrogen) atoms. The van der Waals surface area contributed by atoms with Gasteiger partial charge in [-0.05, 0) is 93.0 Å². The molecule has 6 rings (SSSR count). The molecular formula is C34H40N4O5. The lowest BCUT2D eigenvalue weighted by atomic mass is 9.74. The Balaban J connectivity index is 0.948. The maximum absolute atomic E-state index is 13.1. The molecule has 0 saturated carbocycles. The second kappa shape index (κ2) is 12.9. The van der Waals surface area contributed by atoms with Crippen molar-refractivity contribution in [2.24, 2.45) is 0 Å². The average Bonchev–Trinajstić information content (AvgIpc) is 3.66. The number of ether oxygens (including phenoxy) is 2. The third kappa shape index (κ3) is 6.31. The molecular weight excluding hydrogens is 544 g/mol. The molecule has 4 heterocycles. The van der Waals surface area contributed by atoms with Crippen molar-refractivity contribution in [3.63, 3.8) is 0 Å². The fourth-order valence-corrected chi connectivity index (χ4v) is 6.99. The van der Waals surface area contributed by atoms with E-state index in [0.717, 1.165) is 88.1 Å². The Morgan fingerprint density at radius 3 is 2.56 bits per heavy atom. The number of carbonyl (C=O) groups is 3. The standard InChI is InChI=1S/C34H40N4O5/c35-23-34(25-8-10-26(11-9-25)43-27-14-20-42-22-27)15-18-37(19-16-34)17-3-1-2-5-24-6-4-7-28-29(24)21-38(33(28)41)30-12-13-31(39)36-32(30)40/h4,6-11,27,30H,1-3,5,12-22H2,(H,36,39,40). The van der Waals surface area contributed by atoms with Crippen molar-refractivity contribution in [2.75, 3.05) is 32.8 Å². The fourth-order valence-electron chi connectivity index (χ4n) is 6.99. The molecule has 4 aliphatic rings. The van der Waals surface area contributed by atoms with E-state index in [1.165, 1.54) is 5.56 Å². The summed E-state index contributed by atoms with van der Waals surface area (Å²) in [4.78, 5) is 41.1. The Kier molecular flexibility index (Phi) is 8.78. The number of hydrogen-bond acceptors (Lipinski definition) is 7. The van der Waals surface area contributed by atoms with Crippen LogP contribution in [0.4, 0.5) is 0 Å². The van der Waals surface area contributed by atoms with E-state index in [0.29, 0.717) is 25.1 Å². The Hall–Kier alpha value is -3.74. The van der Waals surface area contributed by atoms with Crippen LogP contribution in [-0.4, -0.2) is 72.5 Å². The number of benzene rings is 2. The van der Waals surface area contributed by atoms with Crippen molar-refractivity contribution in [2.45, 2.75) is 81.9 Å². The molecule has 0 radical (unpaired) electrons. The number of piperidine rings is 2. The van der Waals surface area contributed by atoms with E-state index < -0.39 is 11.5 Å². The van der Waals surface area contributed by atoms with E-state index in [1.807, 2.05) is 24.3 Å². The number of amides is 3. The van der Waals surface area contributed by atoms with Gasteiger partial charge in [-0.25, -0.2) is 0 Å². The Labute approximate surface area is 253 Å². The van der Waals surface area contributed by atoms with Gasteiger partial charge in [-0.1, -0.05) is 30.7 Å². The molecule has 3 fully saturated rings. The molecule has 0 aromatic heterocycles. The second-order valence-electron chi connectivity index (χ2n) is 12.3. The number of unbranched alkanes of at least 4 members (excludes halogenated alkanes) is 2. The molecule has 2 unspecified atom stereocenters. The minimum absolute atomic E-state index is 0.117. The lowest BCUT2D eigenvalue weighted by molar-refractivity contribution is -0.136. The van der Waals surface area contributed by atoms with Gasteiger partial charge < -0.3 is 19.3 Å². The normalized spacial score (nSPS) is 23.6. The summed E-state index contributed by atoms with van der Waals surface area (Å²) in [5, 5.41) is 12.5. The van der Waals surface area contributed by atoms with Crippen molar-refractivity contribution < 1.29 is 23.9 Å². The predicted octanol–water partition coefficient (Wildman–Crippen LogP) is 3.89. The number of hydrogen-bond donors (Lipinski definition) is 1. The Morgan fingerprint density at radius 2 is 1.84 bits per heavy atom. The van der Waals surface area contributed by atoms with Crippen LogP contribution in [0.25, 0.3) is 0 Å². The van der Waals surface area contributed by atoms with Crippen molar-refractivity contribution in [3.8, 4) is 11.8 Å². The lowest BCUT2D eigenvalue weighted by Crippen LogP contribution is -2.52. The first-order valence-corrected chi connectivity index (χ1v) is 15.7. The number of rotatable bonds is 10. The van der Waals surface area contributed by atoms with Crippen LogP contribution in [0, 0.1) is 11.3 Å². The highest BCUT2D eigenvalue weighted by molar-refractivity contribution is 6.05. The number of nitrogens with one attached hydrogen (secondary N) is 1. The van der Waals surface area contributed by atoms with Crippen LogP contribution in [0.1, 0.15) is 78.4 Å². The maximum atomic E-state index is 13.1. The molecule has 9 nitrogen and oxygen atoms in total. The number of carbonyl (C=O) groups excluding carboxylic acids is 3. The monoisotopic (exact) mass is 584 g/mol. The number of nitriles is 1. The first kappa shape index (κ1) is 29.3. The van der Waals surface area contributed by atoms with Crippen molar-refractivity contribution in [1.82, 2.24) is 15.1 Å². The molecule has 2 aromatic carbocycles. The number of fused-ring (bicyclic) bond motifs is 1. The zero-order valence-electron chi connectivity index (χ0n) is 24.7. The van der Waals surface area contributed by atoms with Crippen LogP contribution >= 0.6 is 0 Å². The summed E-state index contributed by atoms with van der Waals surface area (Å²) in [6, 6.07) is 16.0. The third-order valence-electron chi connectivity index (χ3n) is 9.62. The topological polar surface area (TPSA) is 112 Å². The van der Waals surface area contributed by atoms with Gasteiger partial charge in [0.05, 0.1) is 24.7 Å². The van der Waals surface area contributed by atoms with Crippen LogP contribution < -0.4 is 10.1 Å². The number of imide groups is 1. The Bertz CT molecular complexity index is 1390. The van der Waals surface area contributed by atoms with Crippen LogP contribution in [0.5, 0.6) is 5.75 Å². The second-order valence-corrected chi connectivity index (χ2v) is 12.3.